The van der Waals surface area contributed by atoms with Gasteiger partial charge in [-0.2, -0.15) is 0 Å². The predicted molar refractivity (Wildman–Crippen MR) is 83.4 cm³/mol. The number of nitrogens with one attached hydrogen (secondary N) is 1. The fraction of sp³-hybridized carbons (Fsp3) is 0.562. The van der Waals surface area contributed by atoms with Crippen LogP contribution >= 0.6 is 11.6 Å². The molecule has 0 heterocycles. The fourth-order valence-electron chi connectivity index (χ4n) is 2.08. The molecule has 0 bridgehead atoms. The van der Waals surface area contributed by atoms with Gasteiger partial charge in [0.05, 0.1) is 7.11 Å². The first-order valence-corrected chi connectivity index (χ1v) is 7.56. The minimum atomic E-state index is 0.0621. The van der Waals surface area contributed by atoms with Crippen LogP contribution < -0.4 is 10.1 Å². The average Bonchev–Trinajstić information content (AvgIpc) is 2.44. The van der Waals surface area contributed by atoms with Gasteiger partial charge in [0.25, 0.3) is 0 Å². The number of rotatable bonds is 8. The van der Waals surface area contributed by atoms with Crippen LogP contribution in [-0.2, 0) is 11.2 Å². The largest absolute Gasteiger partial charge is 0.497 e. The Morgan fingerprint density at radius 3 is 2.45 bits per heavy atom. The van der Waals surface area contributed by atoms with Gasteiger partial charge < -0.3 is 10.1 Å². The highest BCUT2D eigenvalue weighted by molar-refractivity contribution is 6.18. The van der Waals surface area contributed by atoms with Gasteiger partial charge in [-0.1, -0.05) is 26.0 Å². The van der Waals surface area contributed by atoms with Crippen LogP contribution in [0.4, 0.5) is 0 Å². The van der Waals surface area contributed by atoms with E-state index in [0.29, 0.717) is 18.2 Å². The van der Waals surface area contributed by atoms with E-state index < -0.39 is 0 Å². The van der Waals surface area contributed by atoms with Crippen LogP contribution in [0.2, 0.25) is 0 Å². The lowest BCUT2D eigenvalue weighted by Gasteiger charge is -2.18. The second-order valence-electron chi connectivity index (χ2n) is 5.40. The average molecular weight is 298 g/mol. The van der Waals surface area contributed by atoms with E-state index in [2.05, 4.69) is 19.2 Å². The maximum atomic E-state index is 11.9. The summed E-state index contributed by atoms with van der Waals surface area (Å²) in [5, 5.41) is 3.00. The molecular formula is C16H24ClNO2. The van der Waals surface area contributed by atoms with Crippen molar-refractivity contribution in [3.63, 3.8) is 0 Å². The van der Waals surface area contributed by atoms with E-state index in [1.807, 2.05) is 24.3 Å². The molecule has 0 saturated carbocycles. The maximum absolute atomic E-state index is 11.9. The zero-order valence-electron chi connectivity index (χ0n) is 12.5. The van der Waals surface area contributed by atoms with E-state index in [4.69, 9.17) is 16.3 Å². The van der Waals surface area contributed by atoms with Gasteiger partial charge in [0.15, 0.2) is 0 Å². The number of benzene rings is 1. The summed E-state index contributed by atoms with van der Waals surface area (Å²) >= 11 is 5.88. The lowest BCUT2D eigenvalue weighted by Crippen LogP contribution is -2.37. The van der Waals surface area contributed by atoms with Crippen LogP contribution in [0.5, 0.6) is 5.75 Å². The molecule has 0 radical (unpaired) electrons. The molecule has 1 N–H and O–H groups in total. The summed E-state index contributed by atoms with van der Waals surface area (Å²) in [6.07, 6.45) is 2.13. The second kappa shape index (κ2) is 8.85. The summed E-state index contributed by atoms with van der Waals surface area (Å²) in [5.41, 5.74) is 1.13. The highest BCUT2D eigenvalue weighted by atomic mass is 35.5. The summed E-state index contributed by atoms with van der Waals surface area (Å²) in [4.78, 5) is 11.9. The lowest BCUT2D eigenvalue weighted by molar-refractivity contribution is -0.121. The van der Waals surface area contributed by atoms with Gasteiger partial charge in [-0.05, 0) is 36.5 Å². The molecule has 112 valence electrons. The Balaban J connectivity index is 2.37. The molecular weight excluding hydrogens is 274 g/mol. The highest BCUT2D eigenvalue weighted by Gasteiger charge is 2.12. The maximum Gasteiger partial charge on any atom is 0.220 e. The first-order chi connectivity index (χ1) is 9.55. The fourth-order valence-corrected chi connectivity index (χ4v) is 2.28. The summed E-state index contributed by atoms with van der Waals surface area (Å²) in [6, 6.07) is 7.86. The summed E-state index contributed by atoms with van der Waals surface area (Å²) in [7, 11) is 1.64. The molecule has 1 unspecified atom stereocenters. The van der Waals surface area contributed by atoms with Crippen LogP contribution in [0.3, 0.4) is 0 Å². The van der Waals surface area contributed by atoms with Crippen molar-refractivity contribution in [1.29, 1.82) is 0 Å². The number of methoxy groups -OCH3 is 1. The molecule has 0 fully saturated rings. The lowest BCUT2D eigenvalue weighted by atomic mass is 10.0. The van der Waals surface area contributed by atoms with Gasteiger partial charge >= 0.3 is 0 Å². The van der Waals surface area contributed by atoms with Gasteiger partial charge in [-0.15, -0.1) is 11.6 Å². The molecule has 1 aromatic rings. The van der Waals surface area contributed by atoms with Gasteiger partial charge in [-0.3, -0.25) is 4.79 Å². The normalized spacial score (nSPS) is 12.2. The topological polar surface area (TPSA) is 38.3 Å². The van der Waals surface area contributed by atoms with Crippen molar-refractivity contribution < 1.29 is 9.53 Å². The van der Waals surface area contributed by atoms with Crippen LogP contribution in [0.15, 0.2) is 24.3 Å². The number of hydrogen-bond donors (Lipinski definition) is 1. The Labute approximate surface area is 126 Å². The van der Waals surface area contributed by atoms with Crippen LogP contribution in [0.25, 0.3) is 0 Å². The van der Waals surface area contributed by atoms with Crippen LogP contribution in [0.1, 0.15) is 32.3 Å². The number of ether oxygens (including phenoxy) is 1. The Hall–Kier alpha value is -1.22. The van der Waals surface area contributed by atoms with Gasteiger partial charge in [0.2, 0.25) is 5.91 Å². The number of carbonyl (C=O) groups excluding carboxylic acids is 1. The zero-order valence-corrected chi connectivity index (χ0v) is 13.2. The SMILES string of the molecule is COc1ccc(CCC(=O)NC(CCl)CC(C)C)cc1. The van der Waals surface area contributed by atoms with E-state index in [-0.39, 0.29) is 11.9 Å². The van der Waals surface area contributed by atoms with Gasteiger partial charge in [-0.25, -0.2) is 0 Å². The molecule has 0 spiro atoms. The van der Waals surface area contributed by atoms with Crippen molar-refractivity contribution in [2.24, 2.45) is 5.92 Å². The van der Waals surface area contributed by atoms with Gasteiger partial charge in [0.1, 0.15) is 5.75 Å². The Kier molecular flexibility index (Phi) is 7.45. The zero-order chi connectivity index (χ0) is 15.0. The van der Waals surface area contributed by atoms with E-state index in [1.165, 1.54) is 0 Å². The molecule has 1 amide bonds. The highest BCUT2D eigenvalue weighted by Crippen LogP contribution is 2.13. The molecule has 0 aromatic heterocycles. The molecule has 1 rings (SSSR count). The van der Waals surface area contributed by atoms with Crippen molar-refractivity contribution in [3.8, 4) is 5.75 Å². The third kappa shape index (κ3) is 6.29. The molecule has 4 heteroatoms. The minimum Gasteiger partial charge on any atom is -0.497 e. The van der Waals surface area contributed by atoms with Crippen molar-refractivity contribution in [2.75, 3.05) is 13.0 Å². The van der Waals surface area contributed by atoms with E-state index in [9.17, 15) is 4.79 Å². The smallest absolute Gasteiger partial charge is 0.220 e. The van der Waals surface area contributed by atoms with E-state index in [1.54, 1.807) is 7.11 Å². The predicted octanol–water partition coefficient (Wildman–Crippen LogP) is 3.40. The Morgan fingerprint density at radius 2 is 1.95 bits per heavy atom. The number of aryl methyl sites for hydroxylation is 1. The second-order valence-corrected chi connectivity index (χ2v) is 5.70. The number of hydrogen-bond acceptors (Lipinski definition) is 2. The number of halogens is 1. The molecule has 0 aliphatic rings. The number of alkyl halides is 1. The first kappa shape index (κ1) is 16.8. The summed E-state index contributed by atoms with van der Waals surface area (Å²) in [5.74, 6) is 1.89. The van der Waals surface area contributed by atoms with Gasteiger partial charge in [0, 0.05) is 18.3 Å². The molecule has 1 atom stereocenters. The van der Waals surface area contributed by atoms with Crippen molar-refractivity contribution in [1.82, 2.24) is 5.32 Å². The number of carbonyl (C=O) groups is 1. The minimum absolute atomic E-state index is 0.0621. The standard InChI is InChI=1S/C16H24ClNO2/c1-12(2)10-14(11-17)18-16(19)9-6-13-4-7-15(20-3)8-5-13/h4-5,7-8,12,14H,6,9-11H2,1-3H3,(H,18,19). The summed E-state index contributed by atoms with van der Waals surface area (Å²) in [6.45, 7) is 4.26. The Bertz CT molecular complexity index is 403. The molecule has 0 aliphatic heterocycles. The monoisotopic (exact) mass is 297 g/mol. The quantitative estimate of drug-likeness (QED) is 0.747. The Morgan fingerprint density at radius 1 is 1.30 bits per heavy atom. The third-order valence-electron chi connectivity index (χ3n) is 3.11. The van der Waals surface area contributed by atoms with Crippen molar-refractivity contribution >= 4 is 17.5 Å². The van der Waals surface area contributed by atoms with Crippen molar-refractivity contribution in [3.05, 3.63) is 29.8 Å². The van der Waals surface area contributed by atoms with E-state index in [0.717, 1.165) is 24.2 Å². The molecule has 0 aliphatic carbocycles. The van der Waals surface area contributed by atoms with Crippen molar-refractivity contribution in [2.45, 2.75) is 39.2 Å². The van der Waals surface area contributed by atoms with E-state index >= 15 is 0 Å². The molecule has 0 saturated heterocycles. The number of amides is 1. The summed E-state index contributed by atoms with van der Waals surface area (Å²) < 4.78 is 5.10. The molecule has 20 heavy (non-hydrogen) atoms. The van der Waals surface area contributed by atoms with Crippen LogP contribution in [-0.4, -0.2) is 24.9 Å². The first-order valence-electron chi connectivity index (χ1n) is 7.03. The molecule has 1 aromatic carbocycles. The third-order valence-corrected chi connectivity index (χ3v) is 3.48. The van der Waals surface area contributed by atoms with Crippen LogP contribution in [0, 0.1) is 5.92 Å². The molecule has 3 nitrogen and oxygen atoms in total.